The lowest BCUT2D eigenvalue weighted by atomic mass is 9.75. The summed E-state index contributed by atoms with van der Waals surface area (Å²) in [6.07, 6.45) is 5.76. The Labute approximate surface area is 205 Å². The number of nitriles is 1. The summed E-state index contributed by atoms with van der Waals surface area (Å²) in [4.78, 5) is 23.0. The van der Waals surface area contributed by atoms with Crippen molar-refractivity contribution in [3.05, 3.63) is 35.7 Å². The van der Waals surface area contributed by atoms with Gasteiger partial charge in [-0.1, -0.05) is 6.08 Å². The third kappa shape index (κ3) is 4.32. The van der Waals surface area contributed by atoms with Crippen molar-refractivity contribution in [3.63, 3.8) is 0 Å². The van der Waals surface area contributed by atoms with Crippen LogP contribution in [0.1, 0.15) is 39.0 Å². The van der Waals surface area contributed by atoms with Crippen molar-refractivity contribution in [1.82, 2.24) is 9.80 Å². The van der Waals surface area contributed by atoms with E-state index in [1.807, 2.05) is 6.07 Å². The predicted molar refractivity (Wildman–Crippen MR) is 134 cm³/mol. The molecule has 0 aromatic heterocycles. The Bertz CT molecular complexity index is 1080. The summed E-state index contributed by atoms with van der Waals surface area (Å²) in [5, 5.41) is 9.54. The number of benzene rings is 1. The summed E-state index contributed by atoms with van der Waals surface area (Å²) in [7, 11) is 3.63. The predicted octanol–water partition coefficient (Wildman–Crippen LogP) is 3.70. The molecule has 1 saturated carbocycles. The van der Waals surface area contributed by atoms with Gasteiger partial charge in [-0.05, 0) is 76.0 Å². The number of piperidine rings is 1. The molecule has 34 heavy (non-hydrogen) atoms. The number of ether oxygens (including phenoxy) is 1. The maximum absolute atomic E-state index is 15.1. The number of thiocarbonyl (C=S) groups is 1. The molecule has 0 atom stereocenters. The smallest absolute Gasteiger partial charge is 0.255 e. The largest absolute Gasteiger partial charge is 0.487 e. The number of anilines is 1. The zero-order valence-electron chi connectivity index (χ0n) is 19.9. The summed E-state index contributed by atoms with van der Waals surface area (Å²) < 4.78 is 21.0. The number of hydrogen-bond donors (Lipinski definition) is 0. The second kappa shape index (κ2) is 9.80. The summed E-state index contributed by atoms with van der Waals surface area (Å²) in [6, 6.07) is 6.90. The van der Waals surface area contributed by atoms with Crippen LogP contribution in [0.3, 0.4) is 0 Å². The molecule has 0 radical (unpaired) electrons. The third-order valence-corrected chi connectivity index (χ3v) is 7.49. The van der Waals surface area contributed by atoms with Gasteiger partial charge < -0.3 is 14.5 Å². The second-order valence-corrected chi connectivity index (χ2v) is 9.59. The fourth-order valence-corrected chi connectivity index (χ4v) is 5.29. The number of rotatable bonds is 6. The minimum absolute atomic E-state index is 0.000514. The van der Waals surface area contributed by atoms with Gasteiger partial charge in [0.15, 0.2) is 16.7 Å². The number of nitrogens with zero attached hydrogens (tertiary/aromatic N) is 5. The number of amides is 1. The molecule has 1 amide bonds. The average Bonchev–Trinajstić information content (AvgIpc) is 3.02. The van der Waals surface area contributed by atoms with Crippen LogP contribution in [0.2, 0.25) is 0 Å². The van der Waals surface area contributed by atoms with Crippen LogP contribution >= 0.6 is 12.2 Å². The Morgan fingerprint density at radius 1 is 1.38 bits per heavy atom. The third-order valence-electron chi connectivity index (χ3n) is 7.09. The highest BCUT2D eigenvalue weighted by atomic mass is 32.1. The van der Waals surface area contributed by atoms with E-state index < -0.39 is 11.4 Å². The molecule has 3 aliphatic rings. The second-order valence-electron chi connectivity index (χ2n) is 9.23. The Morgan fingerprint density at radius 3 is 2.65 bits per heavy atom. The minimum atomic E-state index is -0.765. The minimum Gasteiger partial charge on any atom is -0.487 e. The van der Waals surface area contributed by atoms with E-state index >= 15 is 4.39 Å². The van der Waals surface area contributed by atoms with Crippen LogP contribution < -0.4 is 9.64 Å². The number of halogens is 1. The van der Waals surface area contributed by atoms with E-state index in [0.29, 0.717) is 34.9 Å². The first-order valence-electron chi connectivity index (χ1n) is 11.7. The van der Waals surface area contributed by atoms with Crippen molar-refractivity contribution >= 4 is 34.6 Å². The van der Waals surface area contributed by atoms with Crippen molar-refractivity contribution in [1.29, 1.82) is 5.26 Å². The highest BCUT2D eigenvalue weighted by molar-refractivity contribution is 7.80. The Hall–Kier alpha value is -2.83. The molecule has 3 fully saturated rings. The number of likely N-dealkylation sites (tertiary alicyclic amines) is 1. The molecule has 1 aromatic carbocycles. The molecule has 9 heteroatoms. The number of allylic oxidation sites excluding steroid dienone is 1. The van der Waals surface area contributed by atoms with Crippen molar-refractivity contribution in [2.24, 2.45) is 4.99 Å². The quantitative estimate of drug-likeness (QED) is 0.454. The molecule has 1 aromatic rings. The van der Waals surface area contributed by atoms with Gasteiger partial charge in [0, 0.05) is 38.4 Å². The van der Waals surface area contributed by atoms with E-state index in [2.05, 4.69) is 16.9 Å². The van der Waals surface area contributed by atoms with E-state index in [-0.39, 0.29) is 24.3 Å². The lowest BCUT2D eigenvalue weighted by molar-refractivity contribution is -0.132. The van der Waals surface area contributed by atoms with Gasteiger partial charge in [0.1, 0.15) is 23.4 Å². The standard InChI is InChI=1S/C25H30FN5O2S/c1-17(21(16-27)28-2)7-14-30-23(32)25(10-4-11-25)31(24(30)34)18-5-6-22(20(26)15-18)33-19-8-12-29(3)13-9-19/h5-7,15,19H,4,8-14H2,1-3H3/b17-7-,28-21-. The van der Waals surface area contributed by atoms with Crippen LogP contribution in [0.5, 0.6) is 5.75 Å². The van der Waals surface area contributed by atoms with Crippen LogP contribution in [-0.4, -0.2) is 71.9 Å². The first-order valence-corrected chi connectivity index (χ1v) is 12.1. The molecule has 0 bridgehead atoms. The van der Waals surface area contributed by atoms with Crippen molar-refractivity contribution < 1.29 is 13.9 Å². The fraction of sp³-hybridized carbons (Fsp3) is 0.520. The number of hydrogen-bond acceptors (Lipinski definition) is 6. The molecule has 180 valence electrons. The molecule has 1 aliphatic carbocycles. The van der Waals surface area contributed by atoms with E-state index in [1.54, 1.807) is 42.0 Å². The van der Waals surface area contributed by atoms with Gasteiger partial charge in [0.2, 0.25) is 0 Å². The van der Waals surface area contributed by atoms with E-state index in [9.17, 15) is 10.1 Å². The fourth-order valence-electron chi connectivity index (χ4n) is 4.85. The van der Waals surface area contributed by atoms with Gasteiger partial charge in [-0.2, -0.15) is 5.26 Å². The first-order chi connectivity index (χ1) is 16.3. The van der Waals surface area contributed by atoms with Crippen LogP contribution in [-0.2, 0) is 4.79 Å². The van der Waals surface area contributed by atoms with E-state index in [1.165, 1.54) is 6.07 Å². The molecule has 0 N–H and O–H groups in total. The number of aliphatic imine (C=N–C) groups is 1. The van der Waals surface area contributed by atoms with E-state index in [0.717, 1.165) is 32.4 Å². The SMILES string of the molecule is C/N=C(C#N)\C(C)=C/CN1C(=O)C2(CCC2)N(c2ccc(OC3CCN(C)CC3)c(F)c2)C1=S. The van der Waals surface area contributed by atoms with Gasteiger partial charge >= 0.3 is 0 Å². The van der Waals surface area contributed by atoms with Gasteiger partial charge in [0.05, 0.1) is 0 Å². The molecule has 0 unspecified atom stereocenters. The summed E-state index contributed by atoms with van der Waals surface area (Å²) >= 11 is 5.71. The lowest BCUT2D eigenvalue weighted by Crippen LogP contribution is -2.55. The summed E-state index contributed by atoms with van der Waals surface area (Å²) in [6.45, 7) is 3.88. The van der Waals surface area contributed by atoms with E-state index in [4.69, 9.17) is 17.0 Å². The number of carbonyl (C=O) groups is 1. The first kappa shape index (κ1) is 24.3. The van der Waals surface area contributed by atoms with Gasteiger partial charge in [-0.25, -0.2) is 4.39 Å². The van der Waals surface area contributed by atoms with Gasteiger partial charge in [0.25, 0.3) is 5.91 Å². The van der Waals surface area contributed by atoms with Crippen LogP contribution in [0.15, 0.2) is 34.8 Å². The summed E-state index contributed by atoms with van der Waals surface area (Å²) in [5.74, 6) is -0.296. The highest BCUT2D eigenvalue weighted by Gasteiger charge is 2.58. The summed E-state index contributed by atoms with van der Waals surface area (Å²) in [5.41, 5.74) is 0.791. The maximum atomic E-state index is 15.1. The zero-order chi connectivity index (χ0) is 24.5. The van der Waals surface area contributed by atoms with Gasteiger partial charge in [-0.15, -0.1) is 0 Å². The molecule has 1 spiro atoms. The van der Waals surface area contributed by atoms with Gasteiger partial charge in [-0.3, -0.25) is 14.7 Å². The average molecular weight is 484 g/mol. The molecule has 2 heterocycles. The Balaban J connectivity index is 1.55. The van der Waals surface area contributed by atoms with Crippen LogP contribution in [0.4, 0.5) is 10.1 Å². The highest BCUT2D eigenvalue weighted by Crippen LogP contribution is 2.47. The molecule has 4 rings (SSSR count). The molecule has 2 aliphatic heterocycles. The van der Waals surface area contributed by atoms with Crippen molar-refractivity contribution in [3.8, 4) is 11.8 Å². The Morgan fingerprint density at radius 2 is 2.09 bits per heavy atom. The van der Waals surface area contributed by atoms with Crippen LogP contribution in [0.25, 0.3) is 0 Å². The molecule has 2 saturated heterocycles. The Kier molecular flexibility index (Phi) is 7.01. The van der Waals surface area contributed by atoms with Crippen LogP contribution in [0, 0.1) is 17.1 Å². The lowest BCUT2D eigenvalue weighted by Gasteiger charge is -2.43. The normalized spacial score (nSPS) is 21.7. The van der Waals surface area contributed by atoms with Crippen molar-refractivity contribution in [2.45, 2.75) is 50.7 Å². The molecular formula is C25H30FN5O2S. The zero-order valence-corrected chi connectivity index (χ0v) is 20.7. The van der Waals surface area contributed by atoms with Crippen molar-refractivity contribution in [2.75, 3.05) is 38.6 Å². The maximum Gasteiger partial charge on any atom is 0.255 e. The number of carbonyl (C=O) groups excluding carboxylic acids is 1. The molecular weight excluding hydrogens is 453 g/mol. The monoisotopic (exact) mass is 483 g/mol. The topological polar surface area (TPSA) is 72.2 Å². The molecule has 7 nitrogen and oxygen atoms in total.